The summed E-state index contributed by atoms with van der Waals surface area (Å²) >= 11 is 1.69. The van der Waals surface area contributed by atoms with Crippen molar-refractivity contribution in [2.24, 2.45) is 0 Å². The number of nitrogens with zero attached hydrogens (tertiary/aromatic N) is 2. The normalized spacial score (nSPS) is 12.5. The summed E-state index contributed by atoms with van der Waals surface area (Å²) in [7, 11) is 1.97. The summed E-state index contributed by atoms with van der Waals surface area (Å²) in [5.41, 5.74) is 4.23. The van der Waals surface area contributed by atoms with E-state index in [1.54, 1.807) is 11.3 Å². The van der Waals surface area contributed by atoms with Gasteiger partial charge >= 0.3 is 0 Å². The summed E-state index contributed by atoms with van der Waals surface area (Å²) in [6, 6.07) is 14.4. The fourth-order valence-electron chi connectivity index (χ4n) is 3.00. The number of nitrogens with one attached hydrogen (secondary N) is 1. The molecule has 3 aromatic rings. The number of amides is 1. The van der Waals surface area contributed by atoms with Gasteiger partial charge in [-0.05, 0) is 50.6 Å². The van der Waals surface area contributed by atoms with E-state index in [1.165, 1.54) is 10.3 Å². The lowest BCUT2D eigenvalue weighted by Gasteiger charge is -2.23. The van der Waals surface area contributed by atoms with Gasteiger partial charge in [0.1, 0.15) is 5.01 Å². The monoisotopic (exact) mass is 367 g/mol. The van der Waals surface area contributed by atoms with Crippen LogP contribution in [-0.2, 0) is 11.2 Å². The number of benzene rings is 2. The minimum absolute atomic E-state index is 0.00413. The lowest BCUT2D eigenvalue weighted by atomic mass is 10.1. The highest BCUT2D eigenvalue weighted by Gasteiger charge is 2.19. The van der Waals surface area contributed by atoms with Crippen LogP contribution in [0.5, 0.6) is 0 Å². The highest BCUT2D eigenvalue weighted by molar-refractivity contribution is 7.18. The zero-order chi connectivity index (χ0) is 18.7. The van der Waals surface area contributed by atoms with Gasteiger partial charge in [-0.3, -0.25) is 9.69 Å². The second-order valence-corrected chi connectivity index (χ2v) is 7.68. The number of thiazole rings is 1. The van der Waals surface area contributed by atoms with Gasteiger partial charge in [0.05, 0.1) is 22.8 Å². The number of para-hydroxylation sites is 2. The zero-order valence-electron chi connectivity index (χ0n) is 15.7. The maximum atomic E-state index is 12.6. The smallest absolute Gasteiger partial charge is 0.238 e. The summed E-state index contributed by atoms with van der Waals surface area (Å²) in [6.45, 7) is 6.55. The van der Waals surface area contributed by atoms with E-state index in [2.05, 4.69) is 31.3 Å². The van der Waals surface area contributed by atoms with Gasteiger partial charge < -0.3 is 5.32 Å². The first-order valence-corrected chi connectivity index (χ1v) is 9.75. The molecule has 5 heteroatoms. The molecule has 136 valence electrons. The zero-order valence-corrected chi connectivity index (χ0v) is 16.6. The lowest BCUT2D eigenvalue weighted by molar-refractivity contribution is -0.117. The predicted octanol–water partition coefficient (Wildman–Crippen LogP) is 4.80. The Morgan fingerprint density at radius 3 is 2.73 bits per heavy atom. The van der Waals surface area contributed by atoms with Crippen LogP contribution >= 0.6 is 11.3 Å². The molecular formula is C21H25N3OS. The molecule has 0 aliphatic carbocycles. The minimum atomic E-state index is 0.00413. The topological polar surface area (TPSA) is 45.2 Å². The van der Waals surface area contributed by atoms with Crippen LogP contribution in [-0.4, -0.2) is 29.4 Å². The Kier molecular flexibility index (Phi) is 5.69. The van der Waals surface area contributed by atoms with Gasteiger partial charge in [-0.1, -0.05) is 37.3 Å². The van der Waals surface area contributed by atoms with Crippen molar-refractivity contribution >= 4 is 33.1 Å². The Labute approximate surface area is 158 Å². The van der Waals surface area contributed by atoms with Gasteiger partial charge in [0.25, 0.3) is 0 Å². The van der Waals surface area contributed by atoms with Crippen molar-refractivity contribution in [3.63, 3.8) is 0 Å². The van der Waals surface area contributed by atoms with Gasteiger partial charge in [0, 0.05) is 5.69 Å². The maximum Gasteiger partial charge on any atom is 0.238 e. The molecule has 0 fully saturated rings. The first-order valence-electron chi connectivity index (χ1n) is 8.93. The van der Waals surface area contributed by atoms with Crippen LogP contribution in [0.1, 0.15) is 36.0 Å². The predicted molar refractivity (Wildman–Crippen MR) is 110 cm³/mol. The van der Waals surface area contributed by atoms with Gasteiger partial charge in [-0.2, -0.15) is 0 Å². The quantitative estimate of drug-likeness (QED) is 0.681. The molecule has 0 aliphatic rings. The Morgan fingerprint density at radius 2 is 2.00 bits per heavy atom. The van der Waals surface area contributed by atoms with Crippen molar-refractivity contribution in [1.29, 1.82) is 0 Å². The standard InChI is InChI=1S/C21H25N3OS/c1-5-16-10-8-9-14(2)20(16)23-19(25)13-24(4)15(3)21-22-17-11-6-7-12-18(17)26-21/h6-12,15H,5,13H2,1-4H3,(H,23,25). The summed E-state index contributed by atoms with van der Waals surface area (Å²) in [6.07, 6.45) is 0.898. The third-order valence-corrected chi connectivity index (χ3v) is 5.93. The molecule has 1 amide bonds. The number of hydrogen-bond acceptors (Lipinski definition) is 4. The third kappa shape index (κ3) is 3.94. The van der Waals surface area contributed by atoms with Crippen LogP contribution in [0.2, 0.25) is 0 Å². The van der Waals surface area contributed by atoms with Crippen LogP contribution in [0, 0.1) is 6.92 Å². The van der Waals surface area contributed by atoms with Crippen LogP contribution < -0.4 is 5.32 Å². The minimum Gasteiger partial charge on any atom is -0.324 e. The largest absolute Gasteiger partial charge is 0.324 e. The maximum absolute atomic E-state index is 12.6. The number of anilines is 1. The molecule has 0 aliphatic heterocycles. The number of carbonyl (C=O) groups is 1. The van der Waals surface area contributed by atoms with Crippen LogP contribution in [0.25, 0.3) is 10.2 Å². The molecule has 4 nitrogen and oxygen atoms in total. The fraction of sp³-hybridized carbons (Fsp3) is 0.333. The Hall–Kier alpha value is -2.24. The van der Waals surface area contributed by atoms with Crippen molar-refractivity contribution in [3.8, 4) is 0 Å². The van der Waals surface area contributed by atoms with Gasteiger partial charge in [0.15, 0.2) is 0 Å². The average molecular weight is 368 g/mol. The first kappa shape index (κ1) is 18.5. The number of hydrogen-bond donors (Lipinski definition) is 1. The molecular weight excluding hydrogens is 342 g/mol. The Morgan fingerprint density at radius 1 is 1.23 bits per heavy atom. The highest BCUT2D eigenvalue weighted by atomic mass is 32.1. The molecule has 0 saturated carbocycles. The van der Waals surface area contributed by atoms with E-state index in [9.17, 15) is 4.79 Å². The number of aryl methyl sites for hydroxylation is 2. The number of aromatic nitrogens is 1. The fourth-order valence-corrected chi connectivity index (χ4v) is 4.09. The first-order chi connectivity index (χ1) is 12.5. The molecule has 0 radical (unpaired) electrons. The SMILES string of the molecule is CCc1cccc(C)c1NC(=O)CN(C)C(C)c1nc2ccccc2s1. The van der Waals surface area contributed by atoms with Crippen molar-refractivity contribution < 1.29 is 4.79 Å². The van der Waals surface area contributed by atoms with E-state index >= 15 is 0 Å². The molecule has 0 spiro atoms. The van der Waals surface area contributed by atoms with E-state index in [0.717, 1.165) is 28.2 Å². The molecule has 1 unspecified atom stereocenters. The van der Waals surface area contributed by atoms with Crippen molar-refractivity contribution in [3.05, 3.63) is 58.6 Å². The molecule has 1 heterocycles. The van der Waals surface area contributed by atoms with Crippen molar-refractivity contribution in [1.82, 2.24) is 9.88 Å². The summed E-state index contributed by atoms with van der Waals surface area (Å²) in [4.78, 5) is 19.3. The van der Waals surface area contributed by atoms with Crippen molar-refractivity contribution in [2.45, 2.75) is 33.2 Å². The summed E-state index contributed by atoms with van der Waals surface area (Å²) in [5, 5.41) is 4.13. The van der Waals surface area contributed by atoms with Crippen LogP contribution in [0.4, 0.5) is 5.69 Å². The van der Waals surface area contributed by atoms with Gasteiger partial charge in [-0.15, -0.1) is 11.3 Å². The second kappa shape index (κ2) is 7.98. The van der Waals surface area contributed by atoms with E-state index in [0.29, 0.717) is 6.54 Å². The van der Waals surface area contributed by atoms with E-state index in [4.69, 9.17) is 4.98 Å². The molecule has 26 heavy (non-hydrogen) atoms. The van der Waals surface area contributed by atoms with E-state index < -0.39 is 0 Å². The van der Waals surface area contributed by atoms with Crippen LogP contribution in [0.15, 0.2) is 42.5 Å². The summed E-state index contributed by atoms with van der Waals surface area (Å²) < 4.78 is 1.18. The molecule has 2 aromatic carbocycles. The molecule has 1 atom stereocenters. The molecule has 3 rings (SSSR count). The number of rotatable bonds is 6. The molecule has 0 saturated heterocycles. The molecule has 0 bridgehead atoms. The number of carbonyl (C=O) groups excluding carboxylic acids is 1. The Balaban J connectivity index is 1.69. The average Bonchev–Trinajstić information content (AvgIpc) is 3.06. The van der Waals surface area contributed by atoms with Crippen molar-refractivity contribution in [2.75, 3.05) is 18.9 Å². The molecule has 1 N–H and O–H groups in total. The number of fused-ring (bicyclic) bond motifs is 1. The second-order valence-electron chi connectivity index (χ2n) is 6.62. The third-order valence-electron chi connectivity index (χ3n) is 4.73. The van der Waals surface area contributed by atoms with Gasteiger partial charge in [0.2, 0.25) is 5.91 Å². The van der Waals surface area contributed by atoms with E-state index in [-0.39, 0.29) is 11.9 Å². The Bertz CT molecular complexity index is 886. The number of likely N-dealkylation sites (N-methyl/N-ethyl adjacent to an activating group) is 1. The van der Waals surface area contributed by atoms with Crippen LogP contribution in [0.3, 0.4) is 0 Å². The van der Waals surface area contributed by atoms with Gasteiger partial charge in [-0.25, -0.2) is 4.98 Å². The highest BCUT2D eigenvalue weighted by Crippen LogP contribution is 2.29. The molecule has 1 aromatic heterocycles. The van der Waals surface area contributed by atoms with E-state index in [1.807, 2.05) is 49.2 Å². The lowest BCUT2D eigenvalue weighted by Crippen LogP contribution is -2.32. The summed E-state index contributed by atoms with van der Waals surface area (Å²) in [5.74, 6) is 0.00413.